The molecule has 0 saturated heterocycles. The summed E-state index contributed by atoms with van der Waals surface area (Å²) < 4.78 is 42.6. The molecule has 0 atom stereocenters. The second-order valence-electron chi connectivity index (χ2n) is 3.47. The van der Waals surface area contributed by atoms with E-state index in [2.05, 4.69) is 4.74 Å². The lowest BCUT2D eigenvalue weighted by atomic mass is 9.99. The fraction of sp³-hybridized carbons (Fsp3) is 0.273. The molecule has 0 bridgehead atoms. The summed E-state index contributed by atoms with van der Waals surface area (Å²) in [5.41, 5.74) is -4.44. The predicted octanol–water partition coefficient (Wildman–Crippen LogP) is 2.66. The Hall–Kier alpha value is -2.63. The van der Waals surface area contributed by atoms with Gasteiger partial charge in [0, 0.05) is 6.07 Å². The maximum Gasteiger partial charge on any atom is 0.417 e. The molecule has 0 saturated carbocycles. The van der Waals surface area contributed by atoms with Crippen LogP contribution < -0.4 is 0 Å². The van der Waals surface area contributed by atoms with Crippen molar-refractivity contribution < 1.29 is 27.6 Å². The second kappa shape index (κ2) is 5.56. The highest BCUT2D eigenvalue weighted by atomic mass is 19.4. The van der Waals surface area contributed by atoms with Crippen LogP contribution in [-0.4, -0.2) is 17.5 Å². The Kier molecular flexibility index (Phi) is 4.29. The lowest BCUT2D eigenvalue weighted by Gasteiger charge is -2.11. The number of ether oxygens (including phenoxy) is 1. The summed E-state index contributed by atoms with van der Waals surface area (Å²) in [5.74, 6) is -1.35. The second-order valence-corrected chi connectivity index (χ2v) is 3.47. The Morgan fingerprint density at radius 3 is 2.50 bits per heavy atom. The third-order valence-electron chi connectivity index (χ3n) is 2.28. The summed E-state index contributed by atoms with van der Waals surface area (Å²) in [5, 5.41) is 19.6. The van der Waals surface area contributed by atoms with Crippen LogP contribution in [0.15, 0.2) is 12.1 Å². The minimum atomic E-state index is -4.92. The molecule has 0 aliphatic rings. The molecular weight excluding hydrogens is 281 g/mol. The quantitative estimate of drug-likeness (QED) is 0.484. The predicted molar refractivity (Wildman–Crippen MR) is 58.8 cm³/mol. The van der Waals surface area contributed by atoms with E-state index in [1.54, 1.807) is 0 Å². The molecule has 0 unspecified atom stereocenters. The van der Waals surface area contributed by atoms with Gasteiger partial charge in [-0.05, 0) is 13.0 Å². The van der Waals surface area contributed by atoms with Gasteiger partial charge in [0.25, 0.3) is 5.69 Å². The number of nitro benzene ring substituents is 1. The van der Waals surface area contributed by atoms with Gasteiger partial charge in [0.15, 0.2) is 5.56 Å². The standard InChI is InChI=1S/C11H7F3N2O4/c1-2-20-10(17)9-6(5-15)7(11(12,13)14)3-4-8(9)16(18)19/h3-4H,2H2,1H3. The minimum Gasteiger partial charge on any atom is -0.462 e. The van der Waals surface area contributed by atoms with Crippen LogP contribution in [0.1, 0.15) is 28.4 Å². The van der Waals surface area contributed by atoms with Crippen molar-refractivity contribution in [3.05, 3.63) is 38.9 Å². The maximum atomic E-state index is 12.7. The third-order valence-corrected chi connectivity index (χ3v) is 2.28. The number of benzene rings is 1. The van der Waals surface area contributed by atoms with Crippen LogP contribution in [0, 0.1) is 21.4 Å². The van der Waals surface area contributed by atoms with Crippen LogP contribution in [0.4, 0.5) is 18.9 Å². The van der Waals surface area contributed by atoms with Crippen molar-refractivity contribution in [3.8, 4) is 6.07 Å². The van der Waals surface area contributed by atoms with Crippen LogP contribution in [-0.2, 0) is 10.9 Å². The van der Waals surface area contributed by atoms with E-state index >= 15 is 0 Å². The number of nitro groups is 1. The normalized spacial score (nSPS) is 10.8. The average molecular weight is 288 g/mol. The molecule has 0 amide bonds. The number of hydrogen-bond donors (Lipinski definition) is 0. The average Bonchev–Trinajstić information content (AvgIpc) is 2.35. The Bertz CT molecular complexity index is 605. The monoisotopic (exact) mass is 288 g/mol. The highest BCUT2D eigenvalue weighted by molar-refractivity contribution is 5.97. The van der Waals surface area contributed by atoms with Crippen molar-refractivity contribution in [1.29, 1.82) is 5.26 Å². The highest BCUT2D eigenvalue weighted by Crippen LogP contribution is 2.36. The largest absolute Gasteiger partial charge is 0.462 e. The highest BCUT2D eigenvalue weighted by Gasteiger charge is 2.39. The molecule has 0 aromatic heterocycles. The van der Waals surface area contributed by atoms with Crippen LogP contribution >= 0.6 is 0 Å². The number of nitriles is 1. The van der Waals surface area contributed by atoms with Gasteiger partial charge in [-0.3, -0.25) is 10.1 Å². The zero-order valence-electron chi connectivity index (χ0n) is 10.0. The summed E-state index contributed by atoms with van der Waals surface area (Å²) in [6.07, 6.45) is -4.92. The Morgan fingerprint density at radius 2 is 2.10 bits per heavy atom. The number of halogens is 3. The summed E-state index contributed by atoms with van der Waals surface area (Å²) in [6.45, 7) is 1.18. The van der Waals surface area contributed by atoms with Crippen LogP contribution in [0.25, 0.3) is 0 Å². The molecule has 0 aliphatic carbocycles. The lowest BCUT2D eigenvalue weighted by molar-refractivity contribution is -0.385. The molecular formula is C11H7F3N2O4. The Labute approximate surface area is 110 Å². The number of esters is 1. The van der Waals surface area contributed by atoms with Gasteiger partial charge in [-0.25, -0.2) is 4.79 Å². The zero-order valence-corrected chi connectivity index (χ0v) is 10.0. The van der Waals surface area contributed by atoms with E-state index in [1.807, 2.05) is 0 Å². The number of carbonyl (C=O) groups is 1. The molecule has 6 nitrogen and oxygen atoms in total. The van der Waals surface area contributed by atoms with Crippen LogP contribution in [0.3, 0.4) is 0 Å². The number of hydrogen-bond acceptors (Lipinski definition) is 5. The van der Waals surface area contributed by atoms with Crippen molar-refractivity contribution in [1.82, 2.24) is 0 Å². The molecule has 1 rings (SSSR count). The molecule has 20 heavy (non-hydrogen) atoms. The van der Waals surface area contributed by atoms with E-state index in [4.69, 9.17) is 5.26 Å². The Balaban J connectivity index is 3.69. The summed E-state index contributed by atoms with van der Waals surface area (Å²) in [6, 6.07) is 2.09. The first kappa shape index (κ1) is 15.4. The molecule has 0 heterocycles. The van der Waals surface area contributed by atoms with E-state index in [1.165, 1.54) is 13.0 Å². The van der Waals surface area contributed by atoms with Gasteiger partial charge < -0.3 is 4.74 Å². The van der Waals surface area contributed by atoms with E-state index in [0.717, 1.165) is 0 Å². The molecule has 0 fully saturated rings. The summed E-state index contributed by atoms with van der Waals surface area (Å²) >= 11 is 0. The van der Waals surface area contributed by atoms with Crippen LogP contribution in [0.2, 0.25) is 0 Å². The van der Waals surface area contributed by atoms with Gasteiger partial charge >= 0.3 is 12.1 Å². The van der Waals surface area contributed by atoms with Crippen molar-refractivity contribution in [2.24, 2.45) is 0 Å². The number of rotatable bonds is 3. The topological polar surface area (TPSA) is 93.2 Å². The maximum absolute atomic E-state index is 12.7. The molecule has 0 radical (unpaired) electrons. The summed E-state index contributed by atoms with van der Waals surface area (Å²) in [7, 11) is 0. The van der Waals surface area contributed by atoms with E-state index < -0.39 is 39.4 Å². The van der Waals surface area contributed by atoms with E-state index in [0.29, 0.717) is 12.1 Å². The number of carbonyl (C=O) groups excluding carboxylic acids is 1. The fourth-order valence-electron chi connectivity index (χ4n) is 1.51. The smallest absolute Gasteiger partial charge is 0.417 e. The SMILES string of the molecule is CCOC(=O)c1c([N+](=O)[O-])ccc(C(F)(F)F)c1C#N. The van der Waals surface area contributed by atoms with Gasteiger partial charge in [-0.2, -0.15) is 18.4 Å². The molecule has 1 aromatic carbocycles. The molecule has 0 aliphatic heterocycles. The van der Waals surface area contributed by atoms with E-state index in [9.17, 15) is 28.1 Å². The first-order chi connectivity index (χ1) is 9.23. The zero-order chi connectivity index (χ0) is 15.5. The van der Waals surface area contributed by atoms with Gasteiger partial charge in [0.2, 0.25) is 0 Å². The molecule has 9 heteroatoms. The van der Waals surface area contributed by atoms with Crippen molar-refractivity contribution in [3.63, 3.8) is 0 Å². The van der Waals surface area contributed by atoms with Crippen molar-refractivity contribution in [2.75, 3.05) is 6.61 Å². The first-order valence-corrected chi connectivity index (χ1v) is 5.19. The molecule has 0 N–H and O–H groups in total. The number of nitrogens with zero attached hydrogens (tertiary/aromatic N) is 2. The van der Waals surface area contributed by atoms with Crippen LogP contribution in [0.5, 0.6) is 0 Å². The molecule has 1 aromatic rings. The summed E-state index contributed by atoms with van der Waals surface area (Å²) in [4.78, 5) is 21.3. The first-order valence-electron chi connectivity index (χ1n) is 5.19. The molecule has 106 valence electrons. The van der Waals surface area contributed by atoms with E-state index in [-0.39, 0.29) is 6.61 Å². The third kappa shape index (κ3) is 2.85. The molecule has 0 spiro atoms. The lowest BCUT2D eigenvalue weighted by Crippen LogP contribution is -2.16. The van der Waals surface area contributed by atoms with Gasteiger partial charge in [0.05, 0.1) is 22.7 Å². The minimum absolute atomic E-state index is 0.197. The Morgan fingerprint density at radius 1 is 1.50 bits per heavy atom. The van der Waals surface area contributed by atoms with Gasteiger partial charge in [-0.1, -0.05) is 0 Å². The van der Waals surface area contributed by atoms with Gasteiger partial charge in [-0.15, -0.1) is 0 Å². The van der Waals surface area contributed by atoms with Crippen molar-refractivity contribution in [2.45, 2.75) is 13.1 Å². The fourth-order valence-corrected chi connectivity index (χ4v) is 1.51. The number of alkyl halides is 3. The van der Waals surface area contributed by atoms with Gasteiger partial charge in [0.1, 0.15) is 6.07 Å². The van der Waals surface area contributed by atoms with Crippen molar-refractivity contribution >= 4 is 11.7 Å².